The quantitative estimate of drug-likeness (QED) is 0.688. The van der Waals surface area contributed by atoms with E-state index in [1.165, 1.54) is 16.8 Å². The summed E-state index contributed by atoms with van der Waals surface area (Å²) in [5, 5.41) is 0. The van der Waals surface area contributed by atoms with Crippen LogP contribution in [0.4, 0.5) is 0 Å². The molecule has 0 bridgehead atoms. The lowest BCUT2D eigenvalue weighted by Crippen LogP contribution is -2.09. The fraction of sp³-hybridized carbons (Fsp3) is 0.231. The van der Waals surface area contributed by atoms with Crippen LogP contribution in [-0.4, -0.2) is 11.7 Å². The van der Waals surface area contributed by atoms with Crippen LogP contribution in [0.3, 0.4) is 0 Å². The number of hydrogen-bond acceptors (Lipinski definition) is 1. The van der Waals surface area contributed by atoms with E-state index >= 15 is 0 Å². The van der Waals surface area contributed by atoms with E-state index in [1.807, 2.05) is 6.07 Å². The molecule has 2 aromatic rings. The number of hydrogen-bond donors (Lipinski definition) is 0. The van der Waals surface area contributed by atoms with Crippen LogP contribution in [0.2, 0.25) is 0 Å². The Labute approximate surface area is 89.1 Å². The Hall–Kier alpha value is -1.70. The third-order valence-electron chi connectivity index (χ3n) is 3.04. The number of benzene rings is 1. The number of fused-ring (bicyclic) bond motifs is 3. The highest BCUT2D eigenvalue weighted by molar-refractivity contribution is 5.72. The predicted molar refractivity (Wildman–Crippen MR) is 60.1 cm³/mol. The SMILES string of the molecule is COc1ccn2c1-c1ccccc1CC2. The Balaban J connectivity index is 2.27. The van der Waals surface area contributed by atoms with Crippen molar-refractivity contribution < 1.29 is 4.74 Å². The second-order valence-electron chi connectivity index (χ2n) is 3.83. The molecule has 0 saturated carbocycles. The van der Waals surface area contributed by atoms with Crippen LogP contribution in [0.15, 0.2) is 36.5 Å². The summed E-state index contributed by atoms with van der Waals surface area (Å²) in [5.74, 6) is 0.974. The summed E-state index contributed by atoms with van der Waals surface area (Å²) in [6, 6.07) is 10.6. The maximum absolute atomic E-state index is 5.39. The molecule has 2 heteroatoms. The van der Waals surface area contributed by atoms with Crippen molar-refractivity contribution in [3.8, 4) is 17.0 Å². The number of nitrogens with zero attached hydrogens (tertiary/aromatic N) is 1. The van der Waals surface area contributed by atoms with Crippen molar-refractivity contribution >= 4 is 0 Å². The second-order valence-corrected chi connectivity index (χ2v) is 3.83. The number of aromatic nitrogens is 1. The van der Waals surface area contributed by atoms with Crippen LogP contribution in [0.25, 0.3) is 11.3 Å². The van der Waals surface area contributed by atoms with Gasteiger partial charge in [0.25, 0.3) is 0 Å². The van der Waals surface area contributed by atoms with E-state index < -0.39 is 0 Å². The number of methoxy groups -OCH3 is 1. The molecule has 2 nitrogen and oxygen atoms in total. The summed E-state index contributed by atoms with van der Waals surface area (Å²) >= 11 is 0. The number of rotatable bonds is 1. The van der Waals surface area contributed by atoms with Gasteiger partial charge in [-0.2, -0.15) is 0 Å². The lowest BCUT2D eigenvalue weighted by molar-refractivity contribution is 0.415. The van der Waals surface area contributed by atoms with E-state index in [9.17, 15) is 0 Å². The first-order valence-electron chi connectivity index (χ1n) is 5.21. The highest BCUT2D eigenvalue weighted by Gasteiger charge is 2.18. The van der Waals surface area contributed by atoms with Crippen molar-refractivity contribution in [3.05, 3.63) is 42.1 Å². The molecule has 0 radical (unpaired) electrons. The van der Waals surface area contributed by atoms with Crippen molar-refractivity contribution in [1.82, 2.24) is 4.57 Å². The molecule has 1 aromatic carbocycles. The minimum atomic E-state index is 0.974. The van der Waals surface area contributed by atoms with Crippen LogP contribution in [-0.2, 0) is 13.0 Å². The van der Waals surface area contributed by atoms with Gasteiger partial charge in [0.1, 0.15) is 5.75 Å². The molecule has 1 aliphatic heterocycles. The monoisotopic (exact) mass is 199 g/mol. The predicted octanol–water partition coefficient (Wildman–Crippen LogP) is 2.72. The lowest BCUT2D eigenvalue weighted by Gasteiger charge is -2.19. The highest BCUT2D eigenvalue weighted by atomic mass is 16.5. The smallest absolute Gasteiger partial charge is 0.144 e. The summed E-state index contributed by atoms with van der Waals surface area (Å²) in [5.41, 5.74) is 3.95. The molecule has 0 N–H and O–H groups in total. The Morgan fingerprint density at radius 2 is 2.07 bits per heavy atom. The summed E-state index contributed by atoms with van der Waals surface area (Å²) in [4.78, 5) is 0. The summed E-state index contributed by atoms with van der Waals surface area (Å²) in [7, 11) is 1.73. The van der Waals surface area contributed by atoms with Gasteiger partial charge in [-0.1, -0.05) is 24.3 Å². The van der Waals surface area contributed by atoms with Crippen molar-refractivity contribution in [2.24, 2.45) is 0 Å². The molecule has 2 heterocycles. The fourth-order valence-corrected chi connectivity index (χ4v) is 2.30. The molecule has 1 aliphatic rings. The Morgan fingerprint density at radius 1 is 1.20 bits per heavy atom. The lowest BCUT2D eigenvalue weighted by atomic mass is 9.98. The van der Waals surface area contributed by atoms with Gasteiger partial charge in [-0.25, -0.2) is 0 Å². The molecule has 76 valence electrons. The molecule has 15 heavy (non-hydrogen) atoms. The van der Waals surface area contributed by atoms with Gasteiger partial charge in [-0.05, 0) is 18.1 Å². The minimum absolute atomic E-state index is 0.974. The van der Waals surface area contributed by atoms with Crippen molar-refractivity contribution in [3.63, 3.8) is 0 Å². The van der Waals surface area contributed by atoms with Gasteiger partial charge in [0.2, 0.25) is 0 Å². The van der Waals surface area contributed by atoms with Gasteiger partial charge >= 0.3 is 0 Å². The van der Waals surface area contributed by atoms with Gasteiger partial charge in [-0.3, -0.25) is 0 Å². The van der Waals surface area contributed by atoms with Gasteiger partial charge in [0, 0.05) is 18.3 Å². The third-order valence-corrected chi connectivity index (χ3v) is 3.04. The first-order chi connectivity index (χ1) is 7.40. The second kappa shape index (κ2) is 3.16. The van der Waals surface area contributed by atoms with E-state index in [1.54, 1.807) is 7.11 Å². The van der Waals surface area contributed by atoms with E-state index in [4.69, 9.17) is 4.74 Å². The van der Waals surface area contributed by atoms with E-state index in [0.29, 0.717) is 0 Å². The zero-order valence-electron chi connectivity index (χ0n) is 8.73. The number of aryl methyl sites for hydroxylation is 2. The Bertz CT molecular complexity index is 485. The van der Waals surface area contributed by atoms with Crippen molar-refractivity contribution in [2.75, 3.05) is 7.11 Å². The normalized spacial score (nSPS) is 13.1. The molecule has 0 aliphatic carbocycles. The zero-order valence-corrected chi connectivity index (χ0v) is 8.73. The maximum Gasteiger partial charge on any atom is 0.144 e. The third kappa shape index (κ3) is 1.18. The first kappa shape index (κ1) is 8.60. The van der Waals surface area contributed by atoms with Gasteiger partial charge in [-0.15, -0.1) is 0 Å². The topological polar surface area (TPSA) is 14.2 Å². The van der Waals surface area contributed by atoms with E-state index in [2.05, 4.69) is 35.0 Å². The highest BCUT2D eigenvalue weighted by Crippen LogP contribution is 2.36. The van der Waals surface area contributed by atoms with Gasteiger partial charge < -0.3 is 9.30 Å². The Kier molecular flexibility index (Phi) is 1.81. The van der Waals surface area contributed by atoms with Crippen LogP contribution in [0.5, 0.6) is 5.75 Å². The molecule has 0 saturated heterocycles. The zero-order chi connectivity index (χ0) is 10.3. The molecule has 0 amide bonds. The van der Waals surface area contributed by atoms with Crippen molar-refractivity contribution in [1.29, 1.82) is 0 Å². The molecule has 1 aromatic heterocycles. The van der Waals surface area contributed by atoms with Crippen LogP contribution >= 0.6 is 0 Å². The standard InChI is InChI=1S/C13H13NO/c1-15-12-7-9-14-8-6-10-4-2-3-5-11(10)13(12)14/h2-5,7,9H,6,8H2,1H3. The van der Waals surface area contributed by atoms with Crippen molar-refractivity contribution in [2.45, 2.75) is 13.0 Å². The molecule has 0 fully saturated rings. The van der Waals surface area contributed by atoms with Crippen LogP contribution in [0.1, 0.15) is 5.56 Å². The molecular weight excluding hydrogens is 186 g/mol. The van der Waals surface area contributed by atoms with Gasteiger partial charge in [0.15, 0.2) is 0 Å². The maximum atomic E-state index is 5.39. The van der Waals surface area contributed by atoms with Crippen LogP contribution < -0.4 is 4.74 Å². The largest absolute Gasteiger partial charge is 0.494 e. The average molecular weight is 199 g/mol. The Morgan fingerprint density at radius 3 is 2.93 bits per heavy atom. The van der Waals surface area contributed by atoms with E-state index in [-0.39, 0.29) is 0 Å². The fourth-order valence-electron chi connectivity index (χ4n) is 2.30. The average Bonchev–Trinajstić information content (AvgIpc) is 2.72. The molecule has 0 spiro atoms. The summed E-state index contributed by atoms with van der Waals surface area (Å²) in [6.45, 7) is 1.05. The molecule has 0 unspecified atom stereocenters. The van der Waals surface area contributed by atoms with Crippen LogP contribution in [0, 0.1) is 0 Å². The summed E-state index contributed by atoms with van der Waals surface area (Å²) < 4.78 is 7.65. The minimum Gasteiger partial charge on any atom is -0.494 e. The first-order valence-corrected chi connectivity index (χ1v) is 5.21. The molecule has 3 rings (SSSR count). The molecule has 0 atom stereocenters. The number of ether oxygens (including phenoxy) is 1. The molecular formula is C13H13NO. The van der Waals surface area contributed by atoms with E-state index in [0.717, 1.165) is 18.7 Å². The summed E-state index contributed by atoms with van der Waals surface area (Å²) in [6.07, 6.45) is 3.21. The van der Waals surface area contributed by atoms with Gasteiger partial charge in [0.05, 0.1) is 12.8 Å².